The molecular formula is C15H17BrN2. The van der Waals surface area contributed by atoms with Gasteiger partial charge >= 0.3 is 0 Å². The van der Waals surface area contributed by atoms with Gasteiger partial charge in [-0.2, -0.15) is 0 Å². The predicted molar refractivity (Wildman–Crippen MR) is 80.2 cm³/mol. The van der Waals surface area contributed by atoms with Gasteiger partial charge in [-0.1, -0.05) is 34.1 Å². The molecule has 0 spiro atoms. The van der Waals surface area contributed by atoms with Crippen molar-refractivity contribution >= 4 is 21.6 Å². The van der Waals surface area contributed by atoms with Crippen molar-refractivity contribution in [3.05, 3.63) is 59.4 Å². The molecule has 0 saturated carbocycles. The quantitative estimate of drug-likeness (QED) is 0.796. The summed E-state index contributed by atoms with van der Waals surface area (Å²) in [5.41, 5.74) is 4.67. The van der Waals surface area contributed by atoms with Gasteiger partial charge in [-0.25, -0.2) is 0 Å². The molecule has 2 rings (SSSR count). The molecule has 0 bridgehead atoms. The molecule has 1 aromatic carbocycles. The van der Waals surface area contributed by atoms with Crippen LogP contribution in [0.2, 0.25) is 0 Å². The van der Waals surface area contributed by atoms with Crippen molar-refractivity contribution in [2.24, 2.45) is 0 Å². The zero-order chi connectivity index (χ0) is 13.0. The van der Waals surface area contributed by atoms with E-state index in [0.717, 1.165) is 23.3 Å². The summed E-state index contributed by atoms with van der Waals surface area (Å²) in [6.45, 7) is 2.85. The van der Waals surface area contributed by atoms with Gasteiger partial charge in [0.25, 0.3) is 0 Å². The number of hydrogen-bond donors (Lipinski definition) is 0. The Labute approximate surface area is 117 Å². The zero-order valence-electron chi connectivity index (χ0n) is 10.7. The first-order chi connectivity index (χ1) is 8.69. The molecule has 0 aliphatic rings. The fourth-order valence-corrected chi connectivity index (χ4v) is 2.24. The molecule has 1 heterocycles. The van der Waals surface area contributed by atoms with Crippen LogP contribution in [0.1, 0.15) is 17.0 Å². The largest absolute Gasteiger partial charge is 0.369 e. The second-order valence-corrected chi connectivity index (χ2v) is 4.99. The fraction of sp³-hybridized carbons (Fsp3) is 0.267. The smallest absolute Gasteiger partial charge is 0.0600 e. The van der Waals surface area contributed by atoms with Crippen LogP contribution in [-0.4, -0.2) is 12.0 Å². The van der Waals surface area contributed by atoms with Crippen LogP contribution in [0.5, 0.6) is 0 Å². The summed E-state index contributed by atoms with van der Waals surface area (Å²) >= 11 is 3.46. The molecule has 0 radical (unpaired) electrons. The molecule has 2 nitrogen and oxygen atoms in total. The van der Waals surface area contributed by atoms with E-state index in [1.807, 2.05) is 13.0 Å². The standard InChI is InChI=1S/C15H17BrN2/c1-12-4-3-5-14(17-12)11-18(2)15-8-6-13(10-16)7-9-15/h3-9H,10-11H2,1-2H3. The topological polar surface area (TPSA) is 16.1 Å². The molecule has 0 saturated heterocycles. The number of nitrogens with zero attached hydrogens (tertiary/aromatic N) is 2. The van der Waals surface area contributed by atoms with Crippen molar-refractivity contribution in [1.29, 1.82) is 0 Å². The van der Waals surface area contributed by atoms with Crippen LogP contribution < -0.4 is 4.90 Å². The Balaban J connectivity index is 2.09. The highest BCUT2D eigenvalue weighted by atomic mass is 79.9. The minimum Gasteiger partial charge on any atom is -0.369 e. The number of halogens is 1. The van der Waals surface area contributed by atoms with Gasteiger partial charge in [0.15, 0.2) is 0 Å². The first-order valence-corrected chi connectivity index (χ1v) is 7.10. The van der Waals surface area contributed by atoms with E-state index < -0.39 is 0 Å². The normalized spacial score (nSPS) is 10.4. The number of benzene rings is 1. The van der Waals surface area contributed by atoms with Crippen LogP contribution in [0.4, 0.5) is 5.69 Å². The molecule has 2 aromatic rings. The van der Waals surface area contributed by atoms with E-state index in [0.29, 0.717) is 0 Å². The molecule has 0 atom stereocenters. The molecule has 0 amide bonds. The summed E-state index contributed by atoms with van der Waals surface area (Å²) in [6.07, 6.45) is 0. The molecule has 1 aromatic heterocycles. The maximum Gasteiger partial charge on any atom is 0.0600 e. The third kappa shape index (κ3) is 3.33. The summed E-state index contributed by atoms with van der Waals surface area (Å²) < 4.78 is 0. The summed E-state index contributed by atoms with van der Waals surface area (Å²) in [5, 5.41) is 0.899. The van der Waals surface area contributed by atoms with E-state index in [1.165, 1.54) is 11.3 Å². The highest BCUT2D eigenvalue weighted by Crippen LogP contribution is 2.17. The summed E-state index contributed by atoms with van der Waals surface area (Å²) in [6, 6.07) is 14.7. The lowest BCUT2D eigenvalue weighted by atomic mass is 10.2. The number of anilines is 1. The lowest BCUT2D eigenvalue weighted by Crippen LogP contribution is -2.17. The molecule has 18 heavy (non-hydrogen) atoms. The maximum absolute atomic E-state index is 4.52. The summed E-state index contributed by atoms with van der Waals surface area (Å²) in [4.78, 5) is 6.73. The third-order valence-corrected chi connectivity index (χ3v) is 3.52. The number of aryl methyl sites for hydroxylation is 1. The van der Waals surface area contributed by atoms with Crippen LogP contribution in [0.15, 0.2) is 42.5 Å². The van der Waals surface area contributed by atoms with Crippen molar-refractivity contribution in [3.8, 4) is 0 Å². The molecule has 0 unspecified atom stereocenters. The Morgan fingerprint density at radius 1 is 1.11 bits per heavy atom. The fourth-order valence-electron chi connectivity index (χ4n) is 1.86. The van der Waals surface area contributed by atoms with Crippen LogP contribution in [0.25, 0.3) is 0 Å². The Morgan fingerprint density at radius 3 is 2.44 bits per heavy atom. The Bertz CT molecular complexity index is 508. The molecule has 0 N–H and O–H groups in total. The number of alkyl halides is 1. The molecule has 3 heteroatoms. The van der Waals surface area contributed by atoms with Crippen LogP contribution in [0, 0.1) is 6.92 Å². The Kier molecular flexibility index (Phi) is 4.37. The molecular weight excluding hydrogens is 288 g/mol. The highest BCUT2D eigenvalue weighted by molar-refractivity contribution is 9.08. The van der Waals surface area contributed by atoms with Crippen molar-refractivity contribution in [2.75, 3.05) is 11.9 Å². The van der Waals surface area contributed by atoms with E-state index in [2.05, 4.69) is 69.3 Å². The Hall–Kier alpha value is -1.35. The van der Waals surface area contributed by atoms with Gasteiger partial charge in [-0.3, -0.25) is 4.98 Å². The summed E-state index contributed by atoms with van der Waals surface area (Å²) in [7, 11) is 2.09. The SMILES string of the molecule is Cc1cccc(CN(C)c2ccc(CBr)cc2)n1. The lowest BCUT2D eigenvalue weighted by molar-refractivity contribution is 0.876. The second-order valence-electron chi connectivity index (χ2n) is 4.43. The lowest BCUT2D eigenvalue weighted by Gasteiger charge is -2.19. The number of pyridine rings is 1. The van der Waals surface area contributed by atoms with Gasteiger partial charge < -0.3 is 4.90 Å². The van der Waals surface area contributed by atoms with Crippen LogP contribution in [0.3, 0.4) is 0 Å². The van der Waals surface area contributed by atoms with E-state index in [9.17, 15) is 0 Å². The monoisotopic (exact) mass is 304 g/mol. The minimum atomic E-state index is 0.829. The number of aromatic nitrogens is 1. The molecule has 94 valence electrons. The van der Waals surface area contributed by atoms with Crippen LogP contribution >= 0.6 is 15.9 Å². The predicted octanol–water partition coefficient (Wildman–Crippen LogP) is 3.92. The van der Waals surface area contributed by atoms with Crippen molar-refractivity contribution in [2.45, 2.75) is 18.8 Å². The van der Waals surface area contributed by atoms with Gasteiger partial charge in [0.05, 0.1) is 12.2 Å². The maximum atomic E-state index is 4.52. The molecule has 0 fully saturated rings. The van der Waals surface area contributed by atoms with Gasteiger partial charge in [-0.05, 0) is 36.8 Å². The zero-order valence-corrected chi connectivity index (χ0v) is 12.3. The van der Waals surface area contributed by atoms with E-state index in [4.69, 9.17) is 0 Å². The number of hydrogen-bond acceptors (Lipinski definition) is 2. The molecule has 0 aliphatic heterocycles. The van der Waals surface area contributed by atoms with Gasteiger partial charge in [0, 0.05) is 23.8 Å². The van der Waals surface area contributed by atoms with Crippen LogP contribution in [-0.2, 0) is 11.9 Å². The first-order valence-electron chi connectivity index (χ1n) is 5.97. The Morgan fingerprint density at radius 2 is 1.83 bits per heavy atom. The van der Waals surface area contributed by atoms with Crippen molar-refractivity contribution in [3.63, 3.8) is 0 Å². The third-order valence-electron chi connectivity index (χ3n) is 2.88. The van der Waals surface area contributed by atoms with Gasteiger partial charge in [0.1, 0.15) is 0 Å². The number of rotatable bonds is 4. The highest BCUT2D eigenvalue weighted by Gasteiger charge is 2.03. The first kappa shape index (κ1) is 13.1. The van der Waals surface area contributed by atoms with E-state index in [-0.39, 0.29) is 0 Å². The van der Waals surface area contributed by atoms with Crippen molar-refractivity contribution in [1.82, 2.24) is 4.98 Å². The van der Waals surface area contributed by atoms with E-state index >= 15 is 0 Å². The van der Waals surface area contributed by atoms with Gasteiger partial charge in [-0.15, -0.1) is 0 Å². The second kappa shape index (κ2) is 6.01. The average molecular weight is 305 g/mol. The van der Waals surface area contributed by atoms with Gasteiger partial charge in [0.2, 0.25) is 0 Å². The van der Waals surface area contributed by atoms with E-state index in [1.54, 1.807) is 0 Å². The van der Waals surface area contributed by atoms with Crippen molar-refractivity contribution < 1.29 is 0 Å². The minimum absolute atomic E-state index is 0.829. The average Bonchev–Trinajstić information content (AvgIpc) is 2.39. The summed E-state index contributed by atoms with van der Waals surface area (Å²) in [5.74, 6) is 0. The molecule has 0 aliphatic carbocycles.